The van der Waals surface area contributed by atoms with Crippen molar-refractivity contribution in [3.8, 4) is 0 Å². The van der Waals surface area contributed by atoms with Gasteiger partial charge in [-0.05, 0) is 48.4 Å². The zero-order valence-corrected chi connectivity index (χ0v) is 15.6. The van der Waals surface area contributed by atoms with Gasteiger partial charge in [0.15, 0.2) is 0 Å². The van der Waals surface area contributed by atoms with Gasteiger partial charge in [-0.25, -0.2) is 0 Å². The van der Waals surface area contributed by atoms with Gasteiger partial charge in [0, 0.05) is 34.7 Å². The summed E-state index contributed by atoms with van der Waals surface area (Å²) in [5.41, 5.74) is 8.29. The van der Waals surface area contributed by atoms with Crippen molar-refractivity contribution >= 4 is 34.3 Å². The summed E-state index contributed by atoms with van der Waals surface area (Å²) < 4.78 is 37.6. The van der Waals surface area contributed by atoms with Crippen molar-refractivity contribution in [1.82, 2.24) is 9.97 Å². The van der Waals surface area contributed by atoms with Gasteiger partial charge in [0.25, 0.3) is 0 Å². The molecule has 29 heavy (non-hydrogen) atoms. The van der Waals surface area contributed by atoms with Gasteiger partial charge < -0.3 is 11.1 Å². The number of halogens is 3. The summed E-state index contributed by atoms with van der Waals surface area (Å²) in [6.07, 6.45) is 0.971. The molecule has 150 valence electrons. The Morgan fingerprint density at radius 3 is 2.66 bits per heavy atom. The van der Waals surface area contributed by atoms with E-state index in [1.165, 1.54) is 18.2 Å². The molecule has 0 aliphatic carbocycles. The first-order chi connectivity index (χ1) is 13.8. The Hall–Kier alpha value is -3.42. The molecule has 0 aliphatic rings. The smallest absolute Gasteiger partial charge is 0.398 e. The lowest BCUT2D eigenvalue weighted by Gasteiger charge is -2.08. The van der Waals surface area contributed by atoms with Crippen LogP contribution in [0.5, 0.6) is 0 Å². The number of anilines is 2. The average molecular weight is 400 g/mol. The van der Waals surface area contributed by atoms with Gasteiger partial charge in [-0.1, -0.05) is 19.4 Å². The van der Waals surface area contributed by atoms with Crippen LogP contribution in [0.4, 0.5) is 24.5 Å². The largest absolute Gasteiger partial charge is 0.433 e. The predicted octanol–water partition coefficient (Wildman–Crippen LogP) is 4.84. The number of nitrogen functional groups attached to an aromatic ring is 1. The van der Waals surface area contributed by atoms with Crippen LogP contribution in [-0.2, 0) is 17.4 Å². The fraction of sp³-hybridized carbons (Fsp3) is 0.190. The Kier molecular flexibility index (Phi) is 5.81. The molecule has 2 aromatic heterocycles. The fourth-order valence-corrected chi connectivity index (χ4v) is 2.80. The molecule has 2 heterocycles. The molecule has 3 N–H and O–H groups in total. The molecule has 5 nitrogen and oxygen atoms in total. The SMILES string of the molecule is CCCc1cc(N)c2cc(NC(=O)/C=C/c3ccc(C(F)(F)F)nc3)ccc2n1. The molecule has 8 heteroatoms. The van der Waals surface area contributed by atoms with E-state index in [2.05, 4.69) is 22.2 Å². The zero-order chi connectivity index (χ0) is 21.0. The highest BCUT2D eigenvalue weighted by molar-refractivity contribution is 6.03. The third-order valence-corrected chi connectivity index (χ3v) is 4.17. The number of amides is 1. The third kappa shape index (κ3) is 5.10. The number of nitrogens with zero attached hydrogens (tertiary/aromatic N) is 2. The first-order valence-electron chi connectivity index (χ1n) is 8.97. The molecule has 3 aromatic rings. The van der Waals surface area contributed by atoms with E-state index in [4.69, 9.17) is 5.73 Å². The number of alkyl halides is 3. The van der Waals surface area contributed by atoms with Gasteiger partial charge >= 0.3 is 6.18 Å². The second kappa shape index (κ2) is 8.30. The number of hydrogen-bond donors (Lipinski definition) is 2. The van der Waals surface area contributed by atoms with Gasteiger partial charge in [-0.3, -0.25) is 14.8 Å². The maximum absolute atomic E-state index is 12.5. The van der Waals surface area contributed by atoms with E-state index in [1.54, 1.807) is 18.2 Å². The van der Waals surface area contributed by atoms with Crippen LogP contribution in [0, 0.1) is 0 Å². The van der Waals surface area contributed by atoms with Gasteiger partial charge in [0.2, 0.25) is 5.91 Å². The van der Waals surface area contributed by atoms with Crippen LogP contribution >= 0.6 is 0 Å². The molecule has 0 saturated heterocycles. The summed E-state index contributed by atoms with van der Waals surface area (Å²) in [4.78, 5) is 20.0. The molecule has 0 saturated carbocycles. The lowest BCUT2D eigenvalue weighted by molar-refractivity contribution is -0.141. The topological polar surface area (TPSA) is 80.9 Å². The van der Waals surface area contributed by atoms with E-state index in [0.717, 1.165) is 41.7 Å². The molecular weight excluding hydrogens is 381 g/mol. The molecular formula is C21H19F3N4O. The number of aryl methyl sites for hydroxylation is 1. The minimum absolute atomic E-state index is 0.378. The molecule has 0 radical (unpaired) electrons. The molecule has 0 atom stereocenters. The molecule has 0 bridgehead atoms. The first-order valence-corrected chi connectivity index (χ1v) is 8.97. The van der Waals surface area contributed by atoms with Crippen LogP contribution in [0.2, 0.25) is 0 Å². The number of fused-ring (bicyclic) bond motifs is 1. The van der Waals surface area contributed by atoms with Gasteiger partial charge in [0.05, 0.1) is 5.52 Å². The number of pyridine rings is 2. The summed E-state index contributed by atoms with van der Waals surface area (Å²) in [6, 6.07) is 9.17. The van der Waals surface area contributed by atoms with Crippen molar-refractivity contribution in [2.75, 3.05) is 11.1 Å². The van der Waals surface area contributed by atoms with Crippen LogP contribution in [0.25, 0.3) is 17.0 Å². The normalized spacial score (nSPS) is 11.9. The molecule has 1 amide bonds. The first kappa shape index (κ1) is 20.3. The number of benzene rings is 1. The van der Waals surface area contributed by atoms with Crippen LogP contribution in [0.3, 0.4) is 0 Å². The maximum atomic E-state index is 12.5. The van der Waals surface area contributed by atoms with Crippen molar-refractivity contribution in [3.63, 3.8) is 0 Å². The predicted molar refractivity (Wildman–Crippen MR) is 107 cm³/mol. The minimum atomic E-state index is -4.50. The Morgan fingerprint density at radius 1 is 1.21 bits per heavy atom. The van der Waals surface area contributed by atoms with Gasteiger partial charge in [-0.2, -0.15) is 13.2 Å². The van der Waals surface area contributed by atoms with E-state index in [-0.39, 0.29) is 0 Å². The summed E-state index contributed by atoms with van der Waals surface area (Å²) in [7, 11) is 0. The molecule has 0 aliphatic heterocycles. The van der Waals surface area contributed by atoms with Crippen molar-refractivity contribution in [1.29, 1.82) is 0 Å². The maximum Gasteiger partial charge on any atom is 0.433 e. The third-order valence-electron chi connectivity index (χ3n) is 4.17. The Labute approximate surface area is 165 Å². The quantitative estimate of drug-likeness (QED) is 0.601. The van der Waals surface area contributed by atoms with Gasteiger partial charge in [0.1, 0.15) is 5.69 Å². The van der Waals surface area contributed by atoms with E-state index >= 15 is 0 Å². The number of carbonyl (C=O) groups is 1. The van der Waals surface area contributed by atoms with Crippen LogP contribution in [0.1, 0.15) is 30.3 Å². The molecule has 0 spiro atoms. The highest BCUT2D eigenvalue weighted by atomic mass is 19.4. The lowest BCUT2D eigenvalue weighted by Crippen LogP contribution is -2.08. The second-order valence-corrected chi connectivity index (χ2v) is 6.48. The highest BCUT2D eigenvalue weighted by Gasteiger charge is 2.31. The van der Waals surface area contributed by atoms with E-state index in [9.17, 15) is 18.0 Å². The van der Waals surface area contributed by atoms with Crippen molar-refractivity contribution < 1.29 is 18.0 Å². The monoisotopic (exact) mass is 400 g/mol. The lowest BCUT2D eigenvalue weighted by atomic mass is 10.1. The molecule has 0 fully saturated rings. The number of nitrogens with one attached hydrogen (secondary N) is 1. The number of nitrogens with two attached hydrogens (primary N) is 1. The van der Waals surface area contributed by atoms with E-state index < -0.39 is 17.8 Å². The summed E-state index contributed by atoms with van der Waals surface area (Å²) in [5, 5.41) is 3.43. The minimum Gasteiger partial charge on any atom is -0.398 e. The molecule has 0 unspecified atom stereocenters. The van der Waals surface area contributed by atoms with Crippen LogP contribution < -0.4 is 11.1 Å². The Morgan fingerprint density at radius 2 is 2.00 bits per heavy atom. The average Bonchev–Trinajstić information content (AvgIpc) is 2.67. The van der Waals surface area contributed by atoms with Crippen molar-refractivity contribution in [2.24, 2.45) is 0 Å². The number of rotatable bonds is 5. The summed E-state index contributed by atoms with van der Waals surface area (Å²) in [5.74, 6) is -0.432. The zero-order valence-electron chi connectivity index (χ0n) is 15.6. The Bertz CT molecular complexity index is 1060. The van der Waals surface area contributed by atoms with Crippen LogP contribution in [-0.4, -0.2) is 15.9 Å². The van der Waals surface area contributed by atoms with E-state index in [0.29, 0.717) is 16.9 Å². The van der Waals surface area contributed by atoms with Crippen molar-refractivity contribution in [3.05, 3.63) is 65.6 Å². The highest BCUT2D eigenvalue weighted by Crippen LogP contribution is 2.27. The summed E-state index contributed by atoms with van der Waals surface area (Å²) in [6.45, 7) is 2.06. The molecule has 3 rings (SSSR count). The summed E-state index contributed by atoms with van der Waals surface area (Å²) >= 11 is 0. The number of hydrogen-bond acceptors (Lipinski definition) is 4. The number of carbonyl (C=O) groups excluding carboxylic acids is 1. The van der Waals surface area contributed by atoms with Crippen molar-refractivity contribution in [2.45, 2.75) is 25.9 Å². The Balaban J connectivity index is 1.71. The second-order valence-electron chi connectivity index (χ2n) is 6.48. The molecule has 1 aromatic carbocycles. The fourth-order valence-electron chi connectivity index (χ4n) is 2.80. The standard InChI is InChI=1S/C21H19F3N4O/c1-2-3-14-11-17(25)16-10-15(6-7-18(16)27-14)28-20(29)9-5-13-4-8-19(26-12-13)21(22,23)24/h4-12H,2-3H2,1H3,(H2,25,27)(H,28,29)/b9-5+. The van der Waals surface area contributed by atoms with E-state index in [1.807, 2.05) is 6.07 Å². The number of aromatic nitrogens is 2. The van der Waals surface area contributed by atoms with Gasteiger partial charge in [-0.15, -0.1) is 0 Å². The van der Waals surface area contributed by atoms with Crippen LogP contribution in [0.15, 0.2) is 48.7 Å².